The van der Waals surface area contributed by atoms with Crippen molar-refractivity contribution in [3.05, 3.63) is 128 Å². The van der Waals surface area contributed by atoms with Crippen molar-refractivity contribution in [2.24, 2.45) is 0 Å². The van der Waals surface area contributed by atoms with Crippen LogP contribution in [0.25, 0.3) is 42.4 Å². The molecule has 0 saturated carbocycles. The fraction of sp³-hybridized carbons (Fsp3) is 0.143. The van der Waals surface area contributed by atoms with Gasteiger partial charge >= 0.3 is 0 Å². The van der Waals surface area contributed by atoms with Crippen LogP contribution in [0.4, 0.5) is 0 Å². The molecule has 0 unspecified atom stereocenters. The molecule has 0 aliphatic carbocycles. The third-order valence-electron chi connectivity index (χ3n) is 6.86. The van der Waals surface area contributed by atoms with Crippen LogP contribution < -0.4 is 19.0 Å². The molecule has 6 rings (SSSR count). The lowest BCUT2D eigenvalue weighted by molar-refractivity contribution is -0.00114. The van der Waals surface area contributed by atoms with E-state index in [-0.39, 0.29) is 28.8 Å². The summed E-state index contributed by atoms with van der Waals surface area (Å²) in [5.74, 6) is 1.33. The molecule has 42 heavy (non-hydrogen) atoms. The quantitative estimate of drug-likeness (QED) is 0.161. The molecular formula is C35H28O5S2. The van der Waals surface area contributed by atoms with Crippen LogP contribution in [0.3, 0.4) is 0 Å². The molecule has 0 amide bonds. The minimum absolute atomic E-state index is 0.0168. The van der Waals surface area contributed by atoms with E-state index < -0.39 is 0 Å². The maximum Gasteiger partial charge on any atom is 0.240 e. The molecule has 0 saturated heterocycles. The topological polar surface area (TPSA) is 61.8 Å². The number of fused-ring (bicyclic) bond motifs is 2. The minimum Gasteiger partial charge on any atom is -0.491 e. The van der Waals surface area contributed by atoms with Gasteiger partial charge in [0, 0.05) is 27.1 Å². The van der Waals surface area contributed by atoms with Gasteiger partial charge in [-0.25, -0.2) is 0 Å². The zero-order valence-electron chi connectivity index (χ0n) is 22.9. The van der Waals surface area contributed by atoms with Gasteiger partial charge < -0.3 is 14.2 Å². The summed E-state index contributed by atoms with van der Waals surface area (Å²) in [5.41, 5.74) is 3.23. The van der Waals surface area contributed by atoms with Crippen molar-refractivity contribution in [3.63, 3.8) is 0 Å². The van der Waals surface area contributed by atoms with Crippen LogP contribution in [-0.2, 0) is 4.74 Å². The maximum absolute atomic E-state index is 12.8. The summed E-state index contributed by atoms with van der Waals surface area (Å²) in [6.45, 7) is 3.03. The minimum atomic E-state index is -0.306. The molecular weight excluding hydrogens is 565 g/mol. The maximum atomic E-state index is 12.8. The van der Waals surface area contributed by atoms with Gasteiger partial charge in [0.2, 0.25) is 9.48 Å². The Bertz CT molecular complexity index is 1810. The number of rotatable bonds is 10. The summed E-state index contributed by atoms with van der Waals surface area (Å²) in [6.07, 6.45) is -0.306. The van der Waals surface area contributed by atoms with Crippen LogP contribution in [-0.4, -0.2) is 25.9 Å². The predicted molar refractivity (Wildman–Crippen MR) is 173 cm³/mol. The van der Waals surface area contributed by atoms with E-state index in [4.69, 9.17) is 14.2 Å². The van der Waals surface area contributed by atoms with Crippen molar-refractivity contribution < 1.29 is 14.2 Å². The fourth-order valence-corrected chi connectivity index (χ4v) is 6.57. The van der Waals surface area contributed by atoms with Crippen LogP contribution in [0.5, 0.6) is 11.5 Å². The molecule has 5 nitrogen and oxygen atoms in total. The average molecular weight is 593 g/mol. The van der Waals surface area contributed by atoms with E-state index >= 15 is 0 Å². The first-order chi connectivity index (χ1) is 20.6. The normalized spacial score (nSPS) is 11.3. The van der Waals surface area contributed by atoms with Crippen molar-refractivity contribution in [2.45, 2.75) is 13.0 Å². The van der Waals surface area contributed by atoms with Crippen molar-refractivity contribution in [3.8, 4) is 33.8 Å². The largest absolute Gasteiger partial charge is 0.491 e. The Morgan fingerprint density at radius 2 is 1.05 bits per heavy atom. The highest BCUT2D eigenvalue weighted by Crippen LogP contribution is 2.29. The SMILES string of the molecule is CCOC(COc1ccc2cc(-c3ccccc3)c(=O)sc2c1)COc1ccc2cc(-c3ccccc3)c(=O)sc2c1. The first-order valence-electron chi connectivity index (χ1n) is 13.7. The molecule has 0 spiro atoms. The molecule has 0 fully saturated rings. The molecule has 2 aromatic heterocycles. The average Bonchev–Trinajstić information content (AvgIpc) is 3.02. The summed E-state index contributed by atoms with van der Waals surface area (Å²) in [6, 6.07) is 34.9. The Labute approximate surface area is 251 Å². The lowest BCUT2D eigenvalue weighted by atomic mass is 10.1. The monoisotopic (exact) mass is 592 g/mol. The summed E-state index contributed by atoms with van der Waals surface area (Å²) in [5, 5.41) is 1.98. The highest BCUT2D eigenvalue weighted by molar-refractivity contribution is 7.16. The molecule has 7 heteroatoms. The standard InChI is InChI=1S/C35H28O5S2/c1-2-38-29(21-39-27-15-13-25-17-30(23-9-5-3-6-10-23)34(36)41-32(25)19-27)22-40-28-16-14-26-18-31(24-11-7-4-8-12-24)35(37)42-33(26)20-28/h3-20,29H,2,21-22H2,1H3. The van der Waals surface area contributed by atoms with E-state index in [1.54, 1.807) is 0 Å². The van der Waals surface area contributed by atoms with Gasteiger partial charge in [0.1, 0.15) is 30.8 Å². The van der Waals surface area contributed by atoms with Gasteiger partial charge in [-0.15, -0.1) is 0 Å². The Hall–Kier alpha value is -4.30. The van der Waals surface area contributed by atoms with Crippen LogP contribution in [0.2, 0.25) is 0 Å². The number of hydrogen-bond donors (Lipinski definition) is 0. The molecule has 2 heterocycles. The summed E-state index contributed by atoms with van der Waals surface area (Å²) >= 11 is 2.44. The molecule has 6 aromatic rings. The Kier molecular flexibility index (Phi) is 8.42. The third kappa shape index (κ3) is 6.29. The molecule has 210 valence electrons. The van der Waals surface area contributed by atoms with Crippen molar-refractivity contribution in [1.29, 1.82) is 0 Å². The van der Waals surface area contributed by atoms with E-state index in [0.29, 0.717) is 29.2 Å². The summed E-state index contributed by atoms with van der Waals surface area (Å²) < 4.78 is 19.8. The molecule has 0 bridgehead atoms. The van der Waals surface area contributed by atoms with Gasteiger partial charge in [-0.2, -0.15) is 0 Å². The van der Waals surface area contributed by atoms with Crippen LogP contribution in [0, 0.1) is 0 Å². The zero-order valence-corrected chi connectivity index (χ0v) is 24.6. The highest BCUT2D eigenvalue weighted by atomic mass is 32.1. The van der Waals surface area contributed by atoms with Gasteiger partial charge in [-0.3, -0.25) is 9.59 Å². The van der Waals surface area contributed by atoms with E-state index in [0.717, 1.165) is 31.3 Å². The van der Waals surface area contributed by atoms with E-state index in [1.807, 2.05) is 116 Å². The fourth-order valence-electron chi connectivity index (χ4n) is 4.76. The van der Waals surface area contributed by atoms with Crippen LogP contribution in [0.1, 0.15) is 6.92 Å². The van der Waals surface area contributed by atoms with Gasteiger partial charge in [-0.1, -0.05) is 83.3 Å². The second-order valence-corrected chi connectivity index (χ2v) is 11.8. The lowest BCUT2D eigenvalue weighted by Gasteiger charge is -2.19. The van der Waals surface area contributed by atoms with Crippen molar-refractivity contribution >= 4 is 42.8 Å². The Balaban J connectivity index is 1.13. The lowest BCUT2D eigenvalue weighted by Crippen LogP contribution is -2.28. The summed E-state index contributed by atoms with van der Waals surface area (Å²) in [4.78, 5) is 25.6. The van der Waals surface area contributed by atoms with E-state index in [1.165, 1.54) is 22.7 Å². The van der Waals surface area contributed by atoms with Gasteiger partial charge in [0.05, 0.1) is 0 Å². The van der Waals surface area contributed by atoms with Crippen molar-refractivity contribution in [2.75, 3.05) is 19.8 Å². The molecule has 0 atom stereocenters. The number of benzene rings is 4. The number of hydrogen-bond acceptors (Lipinski definition) is 7. The molecule has 0 N–H and O–H groups in total. The van der Waals surface area contributed by atoms with Gasteiger partial charge in [-0.05, 0) is 77.4 Å². The first-order valence-corrected chi connectivity index (χ1v) is 15.3. The van der Waals surface area contributed by atoms with Crippen molar-refractivity contribution in [1.82, 2.24) is 0 Å². The Morgan fingerprint density at radius 3 is 1.48 bits per heavy atom. The molecule has 0 aliphatic rings. The van der Waals surface area contributed by atoms with Gasteiger partial charge in [0.15, 0.2) is 0 Å². The number of ether oxygens (including phenoxy) is 3. The summed E-state index contributed by atoms with van der Waals surface area (Å²) in [7, 11) is 0. The Morgan fingerprint density at radius 1 is 0.595 bits per heavy atom. The van der Waals surface area contributed by atoms with Crippen LogP contribution in [0.15, 0.2) is 119 Å². The van der Waals surface area contributed by atoms with Crippen LogP contribution >= 0.6 is 22.7 Å². The molecule has 0 radical (unpaired) electrons. The van der Waals surface area contributed by atoms with E-state index in [2.05, 4.69) is 0 Å². The zero-order chi connectivity index (χ0) is 28.9. The van der Waals surface area contributed by atoms with E-state index in [9.17, 15) is 9.59 Å². The first kappa shape index (κ1) is 27.8. The van der Waals surface area contributed by atoms with Gasteiger partial charge in [0.25, 0.3) is 0 Å². The third-order valence-corrected chi connectivity index (χ3v) is 8.82. The highest BCUT2D eigenvalue weighted by Gasteiger charge is 2.14. The molecule has 0 aliphatic heterocycles. The second-order valence-electron chi connectivity index (χ2n) is 9.73. The predicted octanol–water partition coefficient (Wildman–Crippen LogP) is 8.03. The second kappa shape index (κ2) is 12.7. The smallest absolute Gasteiger partial charge is 0.240 e. The molecule has 4 aromatic carbocycles.